The number of benzene rings is 1. The maximum atomic E-state index is 13.5. The lowest BCUT2D eigenvalue weighted by Gasteiger charge is -2.26. The van der Waals surface area contributed by atoms with Crippen molar-refractivity contribution in [1.29, 1.82) is 0 Å². The van der Waals surface area contributed by atoms with E-state index in [1.54, 1.807) is 41.5 Å². The van der Waals surface area contributed by atoms with Crippen LogP contribution in [0.15, 0.2) is 34.9 Å². The van der Waals surface area contributed by atoms with Gasteiger partial charge in [0, 0.05) is 18.0 Å². The van der Waals surface area contributed by atoms with Crippen molar-refractivity contribution in [2.24, 2.45) is 0 Å². The normalized spacial score (nSPS) is 12.6. The van der Waals surface area contributed by atoms with E-state index in [4.69, 9.17) is 9.47 Å². The number of nitrogens with zero attached hydrogens (tertiary/aromatic N) is 1. The highest BCUT2D eigenvalue weighted by Gasteiger charge is 2.28. The molecular formula is C23H29BrF2N4O5. The van der Waals surface area contributed by atoms with Gasteiger partial charge in [0.1, 0.15) is 29.0 Å². The van der Waals surface area contributed by atoms with Gasteiger partial charge in [0.05, 0.1) is 16.7 Å². The van der Waals surface area contributed by atoms with E-state index in [9.17, 15) is 23.2 Å². The predicted molar refractivity (Wildman–Crippen MR) is 130 cm³/mol. The molecule has 12 heteroatoms. The van der Waals surface area contributed by atoms with Crippen molar-refractivity contribution in [2.45, 2.75) is 58.8 Å². The lowest BCUT2D eigenvalue weighted by molar-refractivity contribution is -0.122. The summed E-state index contributed by atoms with van der Waals surface area (Å²) in [4.78, 5) is 38.1. The van der Waals surface area contributed by atoms with Crippen LogP contribution in [-0.2, 0) is 14.3 Å². The van der Waals surface area contributed by atoms with E-state index in [0.29, 0.717) is 10.5 Å². The number of hydrogen-bond donors (Lipinski definition) is 3. The number of nitrogens with one attached hydrogen (secondary N) is 3. The third kappa shape index (κ3) is 9.29. The summed E-state index contributed by atoms with van der Waals surface area (Å²) in [6, 6.07) is 2.89. The van der Waals surface area contributed by atoms with Gasteiger partial charge in [-0.05, 0) is 75.7 Å². The number of alkyl carbamates (subject to hydrolysis) is 1. The van der Waals surface area contributed by atoms with Crippen LogP contribution in [-0.4, -0.2) is 46.4 Å². The maximum Gasteiger partial charge on any atom is 0.408 e. The highest BCUT2D eigenvalue weighted by molar-refractivity contribution is 9.10. The Morgan fingerprint density at radius 3 is 2.17 bits per heavy atom. The molecule has 9 nitrogen and oxygen atoms in total. The minimum atomic E-state index is -1.17. The van der Waals surface area contributed by atoms with Gasteiger partial charge >= 0.3 is 6.09 Å². The Hall–Kier alpha value is -2.99. The van der Waals surface area contributed by atoms with Gasteiger partial charge in [0.2, 0.25) is 0 Å². The molecule has 3 amide bonds. The number of amides is 3. The standard InChI is InChI=1S/C23H29BrF2N4O5/c1-22(2,3)34-12-17(28-21(33)35-23(4,5)6)19(31)29-30-8-7-16(24)18(30)20(32)27-15-10-13(25)9-14(26)11-15/h7-11,17H,12H2,1-6H3,(H,27,32)(H,28,33)(H,29,31). The Morgan fingerprint density at radius 1 is 1.03 bits per heavy atom. The molecule has 0 aliphatic rings. The topological polar surface area (TPSA) is 111 Å². The van der Waals surface area contributed by atoms with Crippen LogP contribution in [0.25, 0.3) is 0 Å². The molecule has 1 unspecified atom stereocenters. The summed E-state index contributed by atoms with van der Waals surface area (Å²) in [7, 11) is 0. The Labute approximate surface area is 210 Å². The molecule has 192 valence electrons. The summed E-state index contributed by atoms with van der Waals surface area (Å²) in [5, 5.41) is 4.84. The first kappa shape index (κ1) is 28.2. The van der Waals surface area contributed by atoms with Crippen LogP contribution in [0.5, 0.6) is 0 Å². The quantitative estimate of drug-likeness (QED) is 0.461. The number of halogens is 3. The molecule has 0 aliphatic heterocycles. The van der Waals surface area contributed by atoms with Gasteiger partial charge in [0.15, 0.2) is 0 Å². The highest BCUT2D eigenvalue weighted by Crippen LogP contribution is 2.20. The van der Waals surface area contributed by atoms with Crippen molar-refractivity contribution in [3.8, 4) is 0 Å². The van der Waals surface area contributed by atoms with Gasteiger partial charge in [-0.15, -0.1) is 0 Å². The second kappa shape index (κ2) is 11.2. The van der Waals surface area contributed by atoms with Gasteiger partial charge < -0.3 is 20.1 Å². The summed E-state index contributed by atoms with van der Waals surface area (Å²) in [6.45, 7) is 10.2. The SMILES string of the molecule is CC(C)(C)OCC(NC(=O)OC(C)(C)C)C(=O)Nn1ccc(Br)c1C(=O)Nc1cc(F)cc(F)c1. The molecule has 0 saturated carbocycles. The van der Waals surface area contributed by atoms with Crippen molar-refractivity contribution in [3.63, 3.8) is 0 Å². The highest BCUT2D eigenvalue weighted by atomic mass is 79.9. The van der Waals surface area contributed by atoms with Gasteiger partial charge in [-0.2, -0.15) is 0 Å². The van der Waals surface area contributed by atoms with E-state index in [1.165, 1.54) is 12.3 Å². The third-order valence-electron chi connectivity index (χ3n) is 4.09. The molecule has 0 bridgehead atoms. The Morgan fingerprint density at radius 2 is 1.63 bits per heavy atom. The number of carbonyl (C=O) groups excluding carboxylic acids is 3. The lowest BCUT2D eigenvalue weighted by atomic mass is 10.2. The van der Waals surface area contributed by atoms with Crippen molar-refractivity contribution in [1.82, 2.24) is 9.99 Å². The number of carbonyl (C=O) groups is 3. The minimum Gasteiger partial charge on any atom is -0.444 e. The predicted octanol–water partition coefficient (Wildman–Crippen LogP) is 4.56. The van der Waals surface area contributed by atoms with E-state index in [0.717, 1.165) is 16.8 Å². The van der Waals surface area contributed by atoms with Crippen LogP contribution in [0.3, 0.4) is 0 Å². The van der Waals surface area contributed by atoms with Crippen molar-refractivity contribution < 1.29 is 32.6 Å². The number of anilines is 1. The number of aromatic nitrogens is 1. The van der Waals surface area contributed by atoms with E-state index in [1.807, 2.05) is 0 Å². The number of ether oxygens (including phenoxy) is 2. The monoisotopic (exact) mass is 558 g/mol. The molecule has 0 spiro atoms. The zero-order valence-electron chi connectivity index (χ0n) is 20.3. The minimum absolute atomic E-state index is 0.0595. The molecular weight excluding hydrogens is 530 g/mol. The van der Waals surface area contributed by atoms with Gasteiger partial charge in [-0.25, -0.2) is 13.6 Å². The fourth-order valence-electron chi connectivity index (χ4n) is 2.70. The first-order valence-electron chi connectivity index (χ1n) is 10.6. The molecule has 1 aromatic carbocycles. The van der Waals surface area contributed by atoms with Crippen LogP contribution < -0.4 is 16.1 Å². The molecule has 0 fully saturated rings. The molecule has 0 saturated heterocycles. The second-order valence-electron chi connectivity index (χ2n) is 9.59. The molecule has 1 heterocycles. The first-order chi connectivity index (χ1) is 16.0. The fourth-order valence-corrected chi connectivity index (χ4v) is 3.19. The average molecular weight is 559 g/mol. The largest absolute Gasteiger partial charge is 0.444 e. The summed E-state index contributed by atoms with van der Waals surface area (Å²) >= 11 is 3.22. The van der Waals surface area contributed by atoms with E-state index < -0.39 is 46.8 Å². The molecule has 3 N–H and O–H groups in total. The molecule has 1 aromatic heterocycles. The van der Waals surface area contributed by atoms with Gasteiger partial charge in [0.25, 0.3) is 11.8 Å². The Kier molecular flexibility index (Phi) is 9.01. The van der Waals surface area contributed by atoms with E-state index >= 15 is 0 Å². The summed E-state index contributed by atoms with van der Waals surface area (Å²) in [6.07, 6.45) is 0.563. The van der Waals surface area contributed by atoms with Crippen molar-refractivity contribution in [3.05, 3.63) is 52.3 Å². The van der Waals surface area contributed by atoms with E-state index in [2.05, 4.69) is 32.0 Å². The third-order valence-corrected chi connectivity index (χ3v) is 4.73. The van der Waals surface area contributed by atoms with E-state index in [-0.39, 0.29) is 18.0 Å². The molecule has 2 aromatic rings. The van der Waals surface area contributed by atoms with Crippen LogP contribution in [0, 0.1) is 11.6 Å². The molecule has 1 atom stereocenters. The molecule has 0 aliphatic carbocycles. The second-order valence-corrected chi connectivity index (χ2v) is 10.4. The van der Waals surface area contributed by atoms with Gasteiger partial charge in [-0.3, -0.25) is 19.7 Å². The number of rotatable bonds is 7. The fraction of sp³-hybridized carbons (Fsp3) is 0.435. The molecule has 35 heavy (non-hydrogen) atoms. The van der Waals surface area contributed by atoms with Crippen molar-refractivity contribution >= 4 is 39.5 Å². The van der Waals surface area contributed by atoms with Crippen LogP contribution >= 0.6 is 15.9 Å². The summed E-state index contributed by atoms with van der Waals surface area (Å²) in [5.74, 6) is -3.18. The zero-order valence-corrected chi connectivity index (χ0v) is 21.9. The van der Waals surface area contributed by atoms with Crippen molar-refractivity contribution in [2.75, 3.05) is 17.3 Å². The Bertz CT molecular complexity index is 1070. The smallest absolute Gasteiger partial charge is 0.408 e. The van der Waals surface area contributed by atoms with Crippen LogP contribution in [0.2, 0.25) is 0 Å². The maximum absolute atomic E-state index is 13.5. The summed E-state index contributed by atoms with van der Waals surface area (Å²) < 4.78 is 39.3. The number of hydrogen-bond acceptors (Lipinski definition) is 5. The van der Waals surface area contributed by atoms with Crippen LogP contribution in [0.1, 0.15) is 52.0 Å². The Balaban J connectivity index is 2.22. The zero-order chi connectivity index (χ0) is 26.6. The van der Waals surface area contributed by atoms with Gasteiger partial charge in [-0.1, -0.05) is 0 Å². The van der Waals surface area contributed by atoms with Crippen LogP contribution in [0.4, 0.5) is 19.3 Å². The average Bonchev–Trinajstić information content (AvgIpc) is 3.02. The molecule has 2 rings (SSSR count). The lowest BCUT2D eigenvalue weighted by Crippen LogP contribution is -2.51. The molecule has 0 radical (unpaired) electrons. The first-order valence-corrected chi connectivity index (χ1v) is 11.4. The summed E-state index contributed by atoms with van der Waals surface area (Å²) in [5.41, 5.74) is 0.955.